The van der Waals surface area contributed by atoms with Gasteiger partial charge in [0.2, 0.25) is 10.8 Å². The molecule has 1 aromatic carbocycles. The predicted molar refractivity (Wildman–Crippen MR) is 102 cm³/mol. The minimum atomic E-state index is -0.384. The van der Waals surface area contributed by atoms with Crippen molar-refractivity contribution in [3.05, 3.63) is 50.6 Å². The molecule has 2 aromatic heterocycles. The SMILES string of the molecule is Cc1nc2sc(C(c3cccc([N+](=O)[O-])c3)N3CCC(C)CC3)c(O)n2n1. The Morgan fingerprint density at radius 2 is 2.11 bits per heavy atom. The van der Waals surface area contributed by atoms with E-state index in [1.165, 1.54) is 21.9 Å². The van der Waals surface area contributed by atoms with Crippen molar-refractivity contribution in [2.45, 2.75) is 32.7 Å². The van der Waals surface area contributed by atoms with Crippen LogP contribution in [0.15, 0.2) is 24.3 Å². The molecule has 0 aliphatic carbocycles. The number of thiazole rings is 1. The Balaban J connectivity index is 1.82. The van der Waals surface area contributed by atoms with Crippen molar-refractivity contribution in [3.8, 4) is 5.88 Å². The van der Waals surface area contributed by atoms with Gasteiger partial charge in [-0.3, -0.25) is 15.0 Å². The van der Waals surface area contributed by atoms with Gasteiger partial charge in [-0.2, -0.15) is 4.52 Å². The Hall–Kier alpha value is -2.52. The van der Waals surface area contributed by atoms with E-state index in [1.807, 2.05) is 6.07 Å². The second kappa shape index (κ2) is 6.90. The first-order valence-corrected chi connectivity index (χ1v) is 9.79. The van der Waals surface area contributed by atoms with E-state index < -0.39 is 0 Å². The highest BCUT2D eigenvalue weighted by Crippen LogP contribution is 2.41. The molecular formula is C18H21N5O3S. The molecule has 9 heteroatoms. The number of hydrogen-bond acceptors (Lipinski definition) is 7. The van der Waals surface area contributed by atoms with Crippen LogP contribution in [-0.4, -0.2) is 42.6 Å². The van der Waals surface area contributed by atoms with Crippen LogP contribution in [0, 0.1) is 23.0 Å². The molecule has 0 amide bonds. The van der Waals surface area contributed by atoms with E-state index >= 15 is 0 Å². The second-order valence-electron chi connectivity index (χ2n) is 7.12. The molecule has 3 aromatic rings. The van der Waals surface area contributed by atoms with E-state index in [9.17, 15) is 15.2 Å². The Morgan fingerprint density at radius 3 is 2.78 bits per heavy atom. The summed E-state index contributed by atoms with van der Waals surface area (Å²) in [5.41, 5.74) is 0.855. The van der Waals surface area contributed by atoms with Gasteiger partial charge in [0.05, 0.1) is 15.8 Å². The zero-order chi connectivity index (χ0) is 19.1. The van der Waals surface area contributed by atoms with Gasteiger partial charge >= 0.3 is 0 Å². The van der Waals surface area contributed by atoms with Crippen LogP contribution in [-0.2, 0) is 0 Å². The van der Waals surface area contributed by atoms with Crippen LogP contribution in [0.3, 0.4) is 0 Å². The number of non-ortho nitro benzene ring substituents is 1. The second-order valence-corrected chi connectivity index (χ2v) is 8.13. The molecule has 27 heavy (non-hydrogen) atoms. The molecule has 1 saturated heterocycles. The summed E-state index contributed by atoms with van der Waals surface area (Å²) in [4.78, 5) is 18.9. The quantitative estimate of drug-likeness (QED) is 0.543. The lowest BCUT2D eigenvalue weighted by Gasteiger charge is -2.36. The molecule has 1 aliphatic rings. The fraction of sp³-hybridized carbons (Fsp3) is 0.444. The lowest BCUT2D eigenvalue weighted by Crippen LogP contribution is -2.36. The zero-order valence-corrected chi connectivity index (χ0v) is 16.0. The van der Waals surface area contributed by atoms with Crippen molar-refractivity contribution in [3.63, 3.8) is 0 Å². The highest BCUT2D eigenvalue weighted by Gasteiger charge is 2.32. The summed E-state index contributed by atoms with van der Waals surface area (Å²) in [5.74, 6) is 1.32. The number of aromatic nitrogens is 3. The maximum atomic E-state index is 11.3. The molecule has 3 heterocycles. The van der Waals surface area contributed by atoms with Crippen molar-refractivity contribution < 1.29 is 10.0 Å². The van der Waals surface area contributed by atoms with Crippen molar-refractivity contribution >= 4 is 22.0 Å². The molecule has 1 aliphatic heterocycles. The summed E-state index contributed by atoms with van der Waals surface area (Å²) in [5, 5.41) is 26.3. The molecule has 0 bridgehead atoms. The van der Waals surface area contributed by atoms with Crippen LogP contribution in [0.2, 0.25) is 0 Å². The number of piperidine rings is 1. The Kier molecular flexibility index (Phi) is 4.56. The number of rotatable bonds is 4. The van der Waals surface area contributed by atoms with E-state index in [-0.39, 0.29) is 22.5 Å². The van der Waals surface area contributed by atoms with Crippen LogP contribution >= 0.6 is 11.3 Å². The van der Waals surface area contributed by atoms with Crippen molar-refractivity contribution in [2.75, 3.05) is 13.1 Å². The molecule has 142 valence electrons. The van der Waals surface area contributed by atoms with Crippen molar-refractivity contribution in [1.82, 2.24) is 19.5 Å². The first-order valence-electron chi connectivity index (χ1n) is 8.97. The Labute approximate surface area is 160 Å². The third-order valence-corrected chi connectivity index (χ3v) is 6.21. The van der Waals surface area contributed by atoms with Crippen LogP contribution in [0.4, 0.5) is 5.69 Å². The van der Waals surface area contributed by atoms with E-state index in [0.717, 1.165) is 36.4 Å². The third-order valence-electron chi connectivity index (χ3n) is 5.13. The lowest BCUT2D eigenvalue weighted by atomic mass is 9.95. The van der Waals surface area contributed by atoms with E-state index in [0.29, 0.717) is 16.7 Å². The smallest absolute Gasteiger partial charge is 0.269 e. The topological polar surface area (TPSA) is 96.8 Å². The summed E-state index contributed by atoms with van der Waals surface area (Å²) in [6.45, 7) is 5.77. The largest absolute Gasteiger partial charge is 0.492 e. The third kappa shape index (κ3) is 3.28. The molecule has 1 unspecified atom stereocenters. The number of nitro groups is 1. The standard InChI is InChI=1S/C18H21N5O3S/c1-11-6-8-21(9-7-11)15(13-4-3-5-14(10-13)23(25)26)16-17(24)22-18(27-16)19-12(2)20-22/h3-5,10-11,15,24H,6-9H2,1-2H3. The fourth-order valence-corrected chi connectivity index (χ4v) is 4.81. The number of benzene rings is 1. The molecule has 1 fully saturated rings. The number of hydrogen-bond donors (Lipinski definition) is 1. The average Bonchev–Trinajstić information content (AvgIpc) is 3.15. The fourth-order valence-electron chi connectivity index (χ4n) is 3.65. The normalized spacial score (nSPS) is 17.4. The van der Waals surface area contributed by atoms with Gasteiger partial charge in [0.25, 0.3) is 5.69 Å². The molecule has 0 spiro atoms. The highest BCUT2D eigenvalue weighted by atomic mass is 32.1. The first-order chi connectivity index (χ1) is 12.9. The number of nitro benzene ring substituents is 1. The summed E-state index contributed by atoms with van der Waals surface area (Å²) < 4.78 is 1.45. The van der Waals surface area contributed by atoms with Gasteiger partial charge in [-0.1, -0.05) is 30.4 Å². The van der Waals surface area contributed by atoms with Gasteiger partial charge in [0, 0.05) is 12.1 Å². The van der Waals surface area contributed by atoms with Gasteiger partial charge in [0.1, 0.15) is 5.82 Å². The summed E-state index contributed by atoms with van der Waals surface area (Å²) in [6, 6.07) is 6.42. The number of nitrogens with zero attached hydrogens (tertiary/aromatic N) is 5. The van der Waals surface area contributed by atoms with E-state index in [4.69, 9.17) is 0 Å². The average molecular weight is 387 g/mol. The van der Waals surface area contributed by atoms with Gasteiger partial charge in [-0.15, -0.1) is 5.10 Å². The maximum absolute atomic E-state index is 11.3. The molecule has 1 N–H and O–H groups in total. The first kappa shape index (κ1) is 17.9. The number of aromatic hydroxyl groups is 1. The molecule has 1 atom stereocenters. The van der Waals surface area contributed by atoms with Gasteiger partial charge in [-0.05, 0) is 44.3 Å². The Morgan fingerprint density at radius 1 is 1.37 bits per heavy atom. The van der Waals surface area contributed by atoms with Gasteiger partial charge < -0.3 is 5.11 Å². The molecular weight excluding hydrogens is 366 g/mol. The summed E-state index contributed by atoms with van der Waals surface area (Å²) in [6.07, 6.45) is 2.12. The number of fused-ring (bicyclic) bond motifs is 1. The molecule has 0 saturated carbocycles. The monoisotopic (exact) mass is 387 g/mol. The van der Waals surface area contributed by atoms with E-state index in [2.05, 4.69) is 21.9 Å². The summed E-state index contributed by atoms with van der Waals surface area (Å²) >= 11 is 1.38. The number of aryl methyl sites for hydroxylation is 1. The predicted octanol–water partition coefficient (Wildman–Crippen LogP) is 3.53. The maximum Gasteiger partial charge on any atom is 0.269 e. The van der Waals surface area contributed by atoms with Crippen LogP contribution in [0.5, 0.6) is 5.88 Å². The van der Waals surface area contributed by atoms with Gasteiger partial charge in [-0.25, -0.2) is 4.98 Å². The minimum Gasteiger partial charge on any atom is -0.492 e. The van der Waals surface area contributed by atoms with Crippen molar-refractivity contribution in [1.29, 1.82) is 0 Å². The highest BCUT2D eigenvalue weighted by molar-refractivity contribution is 7.17. The zero-order valence-electron chi connectivity index (χ0n) is 15.2. The van der Waals surface area contributed by atoms with Crippen LogP contribution in [0.1, 0.15) is 42.1 Å². The lowest BCUT2D eigenvalue weighted by molar-refractivity contribution is -0.384. The van der Waals surface area contributed by atoms with Crippen LogP contribution in [0.25, 0.3) is 4.96 Å². The molecule has 4 rings (SSSR count). The van der Waals surface area contributed by atoms with Crippen molar-refractivity contribution in [2.24, 2.45) is 5.92 Å². The summed E-state index contributed by atoms with van der Waals surface area (Å²) in [7, 11) is 0. The van der Waals surface area contributed by atoms with E-state index in [1.54, 1.807) is 19.1 Å². The van der Waals surface area contributed by atoms with Crippen LogP contribution < -0.4 is 0 Å². The van der Waals surface area contributed by atoms with Gasteiger partial charge in [0.15, 0.2) is 0 Å². The Bertz CT molecular complexity index is 990. The minimum absolute atomic E-state index is 0.0534. The molecule has 0 radical (unpaired) electrons. The molecule has 8 nitrogen and oxygen atoms in total. The number of likely N-dealkylation sites (tertiary alicyclic amines) is 1.